The Morgan fingerprint density at radius 2 is 0.857 bits per heavy atom. The van der Waals surface area contributed by atoms with Crippen molar-refractivity contribution in [3.8, 4) is 0 Å². The SMILES string of the molecule is CC/C=C\C/C=C\C/C=C\C/C=C\C/C=C\C/C=C\CCC(=O)OCC(COC1OC(C(=O)O)C(O)C(O)C1OC(=O)CCCCCCCCC/C=C\C/C=C\CCCCC)OC(=O)CCCCCCC/C=C\CCCC. The number of aliphatic carboxylic acids is 1. The second kappa shape index (κ2) is 52.1. The molecule has 12 heteroatoms. The number of allylic oxidation sites excluding steroid dienone is 18. The summed E-state index contributed by atoms with van der Waals surface area (Å²) in [6.07, 6.45) is 57.8. The summed E-state index contributed by atoms with van der Waals surface area (Å²) >= 11 is 0. The lowest BCUT2D eigenvalue weighted by atomic mass is 9.98. The Kier molecular flexibility index (Phi) is 47.6. The van der Waals surface area contributed by atoms with Crippen molar-refractivity contribution in [2.24, 2.45) is 0 Å². The molecule has 0 spiro atoms. The van der Waals surface area contributed by atoms with Crippen molar-refractivity contribution in [1.29, 1.82) is 0 Å². The lowest BCUT2D eigenvalue weighted by Gasteiger charge is -2.40. The molecule has 77 heavy (non-hydrogen) atoms. The van der Waals surface area contributed by atoms with Gasteiger partial charge in [-0.05, 0) is 109 Å². The minimum atomic E-state index is -1.92. The molecule has 1 saturated heterocycles. The van der Waals surface area contributed by atoms with E-state index in [1.54, 1.807) is 0 Å². The number of carboxylic acids is 1. The largest absolute Gasteiger partial charge is 0.479 e. The first kappa shape index (κ1) is 70.4. The standard InChI is InChI=1S/C65H104O12/c1-4-7-10-13-16-19-22-24-26-28-29-31-32-34-37-39-42-45-48-51-57(66)73-54-56(75-58(67)52-49-46-43-40-36-21-18-15-12-9-6-3)55-74-65-63(61(70)60(69)62(77-65)64(71)72)76-59(68)53-50-47-44-41-38-35-33-30-27-25-23-20-17-14-11-8-5-2/h7,10,15-20,24-27,29,31,34,37,42,45,56,60-63,65,69-70H,4-6,8-9,11-14,21-23,28,30,32-33,35-36,38-41,43-44,46-55H2,1-3H3,(H,71,72)/b10-7-,18-15-,19-16-,20-17-,26-24-,27-25-,31-29-,37-34-,45-42-. The molecule has 0 amide bonds. The third-order valence-corrected chi connectivity index (χ3v) is 12.8. The van der Waals surface area contributed by atoms with E-state index in [2.05, 4.69) is 118 Å². The van der Waals surface area contributed by atoms with Crippen molar-refractivity contribution in [2.45, 2.75) is 263 Å². The number of aliphatic hydroxyl groups is 2. The highest BCUT2D eigenvalue weighted by Crippen LogP contribution is 2.26. The van der Waals surface area contributed by atoms with Crippen LogP contribution in [0.15, 0.2) is 109 Å². The van der Waals surface area contributed by atoms with E-state index in [1.807, 2.05) is 12.2 Å². The summed E-state index contributed by atoms with van der Waals surface area (Å²) < 4.78 is 28.3. The molecular formula is C65H104O12. The maximum absolute atomic E-state index is 13.1. The van der Waals surface area contributed by atoms with Gasteiger partial charge in [-0.3, -0.25) is 14.4 Å². The molecule has 0 aromatic carbocycles. The zero-order chi connectivity index (χ0) is 56.1. The van der Waals surface area contributed by atoms with Crippen LogP contribution in [-0.2, 0) is 42.9 Å². The number of hydrogen-bond acceptors (Lipinski definition) is 11. The van der Waals surface area contributed by atoms with Crippen LogP contribution in [0, 0.1) is 0 Å². The van der Waals surface area contributed by atoms with Crippen LogP contribution in [0.25, 0.3) is 0 Å². The number of carbonyl (C=O) groups is 4. The number of carboxylic acid groups (broad SMARTS) is 1. The van der Waals surface area contributed by atoms with Crippen LogP contribution in [0.1, 0.15) is 226 Å². The van der Waals surface area contributed by atoms with Gasteiger partial charge < -0.3 is 39.0 Å². The van der Waals surface area contributed by atoms with Gasteiger partial charge >= 0.3 is 23.9 Å². The van der Waals surface area contributed by atoms with E-state index in [0.29, 0.717) is 19.3 Å². The molecule has 0 aliphatic carbocycles. The molecule has 3 N–H and O–H groups in total. The summed E-state index contributed by atoms with van der Waals surface area (Å²) in [6, 6.07) is 0. The van der Waals surface area contributed by atoms with Gasteiger partial charge in [0.1, 0.15) is 18.8 Å². The van der Waals surface area contributed by atoms with Crippen molar-refractivity contribution in [3.63, 3.8) is 0 Å². The fourth-order valence-corrected chi connectivity index (χ4v) is 8.23. The number of esters is 3. The minimum Gasteiger partial charge on any atom is -0.479 e. The average Bonchev–Trinajstić information content (AvgIpc) is 3.41. The molecule has 436 valence electrons. The van der Waals surface area contributed by atoms with Gasteiger partial charge in [0.05, 0.1) is 6.61 Å². The first-order valence-corrected chi connectivity index (χ1v) is 29.9. The molecule has 0 aromatic heterocycles. The predicted molar refractivity (Wildman–Crippen MR) is 312 cm³/mol. The molecule has 0 saturated carbocycles. The Labute approximate surface area is 465 Å². The van der Waals surface area contributed by atoms with Gasteiger partial charge in [-0.1, -0.05) is 207 Å². The van der Waals surface area contributed by atoms with E-state index in [9.17, 15) is 34.5 Å². The summed E-state index contributed by atoms with van der Waals surface area (Å²) in [4.78, 5) is 51.1. The monoisotopic (exact) mass is 1080 g/mol. The Hall–Kier alpha value is -4.62. The fraction of sp³-hybridized carbons (Fsp3) is 0.662. The molecule has 6 unspecified atom stereocenters. The zero-order valence-corrected chi connectivity index (χ0v) is 47.9. The zero-order valence-electron chi connectivity index (χ0n) is 47.9. The first-order valence-electron chi connectivity index (χ1n) is 29.9. The van der Waals surface area contributed by atoms with Crippen molar-refractivity contribution in [3.05, 3.63) is 109 Å². The number of rotatable bonds is 49. The lowest BCUT2D eigenvalue weighted by molar-refractivity contribution is -0.301. The quantitative estimate of drug-likeness (QED) is 0.0228. The highest BCUT2D eigenvalue weighted by atomic mass is 16.7. The number of hydrogen-bond donors (Lipinski definition) is 3. The first-order chi connectivity index (χ1) is 37.6. The minimum absolute atomic E-state index is 0.0388. The molecule has 12 nitrogen and oxygen atoms in total. The highest BCUT2D eigenvalue weighted by molar-refractivity contribution is 5.74. The predicted octanol–water partition coefficient (Wildman–Crippen LogP) is 15.4. The van der Waals surface area contributed by atoms with Crippen LogP contribution in [-0.4, -0.2) is 89.2 Å². The summed E-state index contributed by atoms with van der Waals surface area (Å²) in [7, 11) is 0. The Morgan fingerprint density at radius 3 is 1.35 bits per heavy atom. The van der Waals surface area contributed by atoms with Crippen LogP contribution in [0.4, 0.5) is 0 Å². The second-order valence-corrected chi connectivity index (χ2v) is 19.9. The smallest absolute Gasteiger partial charge is 0.335 e. The highest BCUT2D eigenvalue weighted by Gasteiger charge is 2.50. The van der Waals surface area contributed by atoms with Gasteiger partial charge in [0.15, 0.2) is 24.6 Å². The summed E-state index contributed by atoms with van der Waals surface area (Å²) in [5.74, 6) is -3.26. The third-order valence-electron chi connectivity index (χ3n) is 12.8. The van der Waals surface area contributed by atoms with Crippen LogP contribution in [0.5, 0.6) is 0 Å². The van der Waals surface area contributed by atoms with Gasteiger partial charge in [-0.15, -0.1) is 0 Å². The number of carbonyl (C=O) groups excluding carboxylic acids is 3. The van der Waals surface area contributed by atoms with Crippen molar-refractivity contribution < 1.29 is 58.2 Å². The van der Waals surface area contributed by atoms with Gasteiger partial charge in [0, 0.05) is 19.3 Å². The molecule has 1 heterocycles. The maximum Gasteiger partial charge on any atom is 0.335 e. The second-order valence-electron chi connectivity index (χ2n) is 19.9. The van der Waals surface area contributed by atoms with Gasteiger partial charge in [-0.2, -0.15) is 0 Å². The Balaban J connectivity index is 2.72. The van der Waals surface area contributed by atoms with E-state index < -0.39 is 67.3 Å². The molecule has 6 atom stereocenters. The van der Waals surface area contributed by atoms with Crippen LogP contribution >= 0.6 is 0 Å². The van der Waals surface area contributed by atoms with Gasteiger partial charge in [0.25, 0.3) is 0 Å². The van der Waals surface area contributed by atoms with Crippen molar-refractivity contribution in [2.75, 3.05) is 13.2 Å². The molecule has 1 fully saturated rings. The normalized spacial score (nSPS) is 18.8. The molecule has 0 bridgehead atoms. The Morgan fingerprint density at radius 1 is 0.442 bits per heavy atom. The van der Waals surface area contributed by atoms with Crippen molar-refractivity contribution in [1.82, 2.24) is 0 Å². The fourth-order valence-electron chi connectivity index (χ4n) is 8.23. The summed E-state index contributed by atoms with van der Waals surface area (Å²) in [5.41, 5.74) is 0. The van der Waals surface area contributed by atoms with Crippen molar-refractivity contribution >= 4 is 23.9 Å². The maximum atomic E-state index is 13.1. The van der Waals surface area contributed by atoms with E-state index in [4.69, 9.17) is 23.7 Å². The number of unbranched alkanes of at least 4 members (excludes halogenated alkanes) is 17. The number of aliphatic hydroxyl groups excluding tert-OH is 2. The van der Waals surface area contributed by atoms with E-state index in [1.165, 1.54) is 32.1 Å². The molecule has 0 radical (unpaired) electrons. The average molecular weight is 1080 g/mol. The summed E-state index contributed by atoms with van der Waals surface area (Å²) in [5, 5.41) is 31.5. The molecular weight excluding hydrogens is 973 g/mol. The van der Waals surface area contributed by atoms with Crippen LogP contribution in [0.2, 0.25) is 0 Å². The molecule has 1 aliphatic rings. The lowest BCUT2D eigenvalue weighted by Crippen LogP contribution is -2.61. The van der Waals surface area contributed by atoms with E-state index >= 15 is 0 Å². The summed E-state index contributed by atoms with van der Waals surface area (Å²) in [6.45, 7) is 5.73. The topological polar surface area (TPSA) is 175 Å². The van der Waals surface area contributed by atoms with Gasteiger partial charge in [0.2, 0.25) is 0 Å². The van der Waals surface area contributed by atoms with Crippen LogP contribution in [0.3, 0.4) is 0 Å². The van der Waals surface area contributed by atoms with Crippen LogP contribution < -0.4 is 0 Å². The Bertz CT molecular complexity index is 1750. The molecule has 0 aromatic rings. The van der Waals surface area contributed by atoms with E-state index in [0.717, 1.165) is 135 Å². The molecule has 1 aliphatic heterocycles. The van der Waals surface area contributed by atoms with Gasteiger partial charge in [-0.25, -0.2) is 4.79 Å². The third kappa shape index (κ3) is 42.1. The van der Waals surface area contributed by atoms with E-state index in [-0.39, 0.29) is 25.9 Å². The molecule has 1 rings (SSSR count). The number of ether oxygens (including phenoxy) is 5.